The summed E-state index contributed by atoms with van der Waals surface area (Å²) in [4.78, 5) is 2.00. The number of ether oxygens (including phenoxy) is 1. The van der Waals surface area contributed by atoms with Gasteiger partial charge in [0.25, 0.3) is 0 Å². The van der Waals surface area contributed by atoms with Crippen molar-refractivity contribution < 1.29 is 31.1 Å². The van der Waals surface area contributed by atoms with Crippen molar-refractivity contribution in [1.82, 2.24) is 4.90 Å². The molecule has 0 aromatic carbocycles. The first-order chi connectivity index (χ1) is 9.45. The minimum atomic E-state index is -5.48. The fraction of sp³-hybridized carbons (Fsp3) is 1.00. The molecule has 2 nitrogen and oxygen atoms in total. The second-order valence-electron chi connectivity index (χ2n) is 5.89. The molecule has 2 aliphatic rings. The first-order valence-electron chi connectivity index (χ1n) is 6.60. The van der Waals surface area contributed by atoms with Gasteiger partial charge in [0, 0.05) is 0 Å². The fourth-order valence-corrected chi connectivity index (χ4v) is 4.90. The number of rotatable bonds is 3. The number of nitrogens with zero attached hydrogens (tertiary/aromatic N) is 1. The summed E-state index contributed by atoms with van der Waals surface area (Å²) in [7, 11) is 0. The Bertz CT molecular complexity index is 384. The van der Waals surface area contributed by atoms with Crippen molar-refractivity contribution in [3.05, 3.63) is 0 Å². The van der Waals surface area contributed by atoms with Crippen LogP contribution in [0.5, 0.6) is 0 Å². The Labute approximate surface area is 134 Å². The number of hydrogen-bond donors (Lipinski definition) is 0. The Morgan fingerprint density at radius 1 is 1.19 bits per heavy atom. The van der Waals surface area contributed by atoms with E-state index >= 15 is 0 Å². The molecule has 0 saturated carbocycles. The van der Waals surface area contributed by atoms with Crippen LogP contribution in [0.15, 0.2) is 0 Å². The standard InChI is InChI=1S/C12H16F6NO.Po/c1-9-4-3-5-19(9)7-8(6-9)20-10(2,11(13,14)15)12(16,17)18;/h8H,1,3-7H2,2H3;/t8-,9-;/m0./s1. The Hall–Kier alpha value is 0.396. The van der Waals surface area contributed by atoms with Crippen LogP contribution in [-0.4, -0.2) is 72.7 Å². The first kappa shape index (κ1) is 17.7. The van der Waals surface area contributed by atoms with Crippen molar-refractivity contribution in [2.75, 3.05) is 13.1 Å². The van der Waals surface area contributed by atoms with Gasteiger partial charge < -0.3 is 0 Å². The van der Waals surface area contributed by atoms with Crippen LogP contribution in [0.25, 0.3) is 0 Å². The van der Waals surface area contributed by atoms with Crippen molar-refractivity contribution in [1.29, 1.82) is 0 Å². The van der Waals surface area contributed by atoms with Crippen LogP contribution in [0.4, 0.5) is 26.3 Å². The number of fused-ring (bicyclic) bond motifs is 1. The third-order valence-corrected chi connectivity index (χ3v) is 6.61. The summed E-state index contributed by atoms with van der Waals surface area (Å²) in [6.07, 6.45) is -9.98. The molecule has 1 radical (unpaired) electrons. The molecule has 2 heterocycles. The van der Waals surface area contributed by atoms with Gasteiger partial charge in [-0.25, -0.2) is 0 Å². The van der Waals surface area contributed by atoms with Gasteiger partial charge in [-0.15, -0.1) is 0 Å². The normalized spacial score (nSPS) is 31.7. The molecule has 123 valence electrons. The van der Waals surface area contributed by atoms with Crippen LogP contribution in [-0.2, 0) is 4.74 Å². The summed E-state index contributed by atoms with van der Waals surface area (Å²) in [5.74, 6) is 0. The van der Waals surface area contributed by atoms with E-state index in [1.165, 1.54) is 25.1 Å². The Kier molecular flexibility index (Phi) is 4.64. The number of alkyl halides is 6. The first-order valence-corrected chi connectivity index (χ1v) is 8.84. The van der Waals surface area contributed by atoms with Crippen LogP contribution < -0.4 is 0 Å². The molecule has 2 rings (SSSR count). The van der Waals surface area contributed by atoms with Crippen LogP contribution in [0.2, 0.25) is 4.08 Å². The van der Waals surface area contributed by atoms with Crippen LogP contribution in [0, 0.1) is 0 Å². The SMILES string of the molecule is CC(O[C@@H]1CN2CCC[C@@]2([CH2][Po])C1)(C(F)(F)F)C(F)(F)F. The molecule has 0 spiro atoms. The Morgan fingerprint density at radius 2 is 1.76 bits per heavy atom. The van der Waals surface area contributed by atoms with E-state index in [0.717, 1.165) is 23.5 Å². The molecule has 0 aliphatic carbocycles. The molecule has 2 saturated heterocycles. The zero-order valence-corrected chi connectivity index (χ0v) is 14.5. The van der Waals surface area contributed by atoms with Crippen molar-refractivity contribution in [2.45, 2.75) is 59.9 Å². The summed E-state index contributed by atoms with van der Waals surface area (Å²) in [6.45, 7) is 0.956. The average Bonchev–Trinajstić information content (AvgIpc) is 2.82. The van der Waals surface area contributed by atoms with Gasteiger partial charge in [0.15, 0.2) is 0 Å². The van der Waals surface area contributed by atoms with E-state index in [2.05, 4.69) is 4.74 Å². The van der Waals surface area contributed by atoms with Gasteiger partial charge >= 0.3 is 134 Å². The Morgan fingerprint density at radius 3 is 2.19 bits per heavy atom. The monoisotopic (exact) mass is 513 g/mol. The van der Waals surface area contributed by atoms with E-state index in [1.807, 2.05) is 4.90 Å². The van der Waals surface area contributed by atoms with E-state index in [9.17, 15) is 26.3 Å². The zero-order chi connectivity index (χ0) is 16.1. The molecule has 0 bridgehead atoms. The van der Waals surface area contributed by atoms with Crippen molar-refractivity contribution >= 4 is 25.1 Å². The topological polar surface area (TPSA) is 12.5 Å². The predicted molar refractivity (Wildman–Crippen MR) is 64.1 cm³/mol. The molecule has 9 heteroatoms. The molecule has 0 aromatic heterocycles. The quantitative estimate of drug-likeness (QED) is 0.539. The van der Waals surface area contributed by atoms with Gasteiger partial charge in [-0.2, -0.15) is 0 Å². The molecule has 2 atom stereocenters. The Balaban J connectivity index is 2.17. The summed E-state index contributed by atoms with van der Waals surface area (Å²) in [5, 5.41) is 0. The van der Waals surface area contributed by atoms with Gasteiger partial charge in [0.05, 0.1) is 0 Å². The number of hydrogen-bond acceptors (Lipinski definition) is 2. The maximum atomic E-state index is 12.9. The van der Waals surface area contributed by atoms with Crippen LogP contribution in [0.3, 0.4) is 0 Å². The van der Waals surface area contributed by atoms with Crippen LogP contribution in [0.1, 0.15) is 26.2 Å². The molecule has 0 unspecified atom stereocenters. The van der Waals surface area contributed by atoms with Gasteiger partial charge in [0.2, 0.25) is 0 Å². The average molecular weight is 513 g/mol. The zero-order valence-electron chi connectivity index (χ0n) is 11.4. The molecule has 2 fully saturated rings. The van der Waals surface area contributed by atoms with Gasteiger partial charge in [0.1, 0.15) is 0 Å². The predicted octanol–water partition coefficient (Wildman–Crippen LogP) is 3.08. The van der Waals surface area contributed by atoms with Gasteiger partial charge in [-0.1, -0.05) is 0 Å². The summed E-state index contributed by atoms with van der Waals surface area (Å²) >= 11 is 1.28. The molecular weight excluding hydrogens is 497 g/mol. The summed E-state index contributed by atoms with van der Waals surface area (Å²) < 4.78 is 82.6. The van der Waals surface area contributed by atoms with E-state index in [-0.39, 0.29) is 25.4 Å². The van der Waals surface area contributed by atoms with Gasteiger partial charge in [-0.3, -0.25) is 0 Å². The van der Waals surface area contributed by atoms with E-state index < -0.39 is 24.1 Å². The second kappa shape index (κ2) is 5.49. The van der Waals surface area contributed by atoms with Crippen LogP contribution >= 0.6 is 0 Å². The third-order valence-electron chi connectivity index (χ3n) is 4.53. The van der Waals surface area contributed by atoms with Crippen molar-refractivity contribution in [2.24, 2.45) is 0 Å². The van der Waals surface area contributed by atoms with E-state index in [4.69, 9.17) is 0 Å². The second-order valence-corrected chi connectivity index (χ2v) is 7.01. The summed E-state index contributed by atoms with van der Waals surface area (Å²) in [6, 6.07) is 0. The fourth-order valence-electron chi connectivity index (χ4n) is 3.17. The van der Waals surface area contributed by atoms with Crippen molar-refractivity contribution in [3.63, 3.8) is 0 Å². The maximum absolute atomic E-state index is 12.9. The molecule has 2 aliphatic heterocycles. The number of halogens is 6. The minimum absolute atomic E-state index is 0.0836. The molecule has 0 N–H and O–H groups in total. The van der Waals surface area contributed by atoms with Gasteiger partial charge in [-0.05, 0) is 0 Å². The molecule has 0 amide bonds. The van der Waals surface area contributed by atoms with E-state index in [0.29, 0.717) is 0 Å². The molecule has 0 aromatic rings. The summed E-state index contributed by atoms with van der Waals surface area (Å²) in [5.41, 5.74) is -4.36. The van der Waals surface area contributed by atoms with Crippen molar-refractivity contribution in [3.8, 4) is 0 Å². The molecular formula is C12H16F6NOPo. The van der Waals surface area contributed by atoms with E-state index in [1.54, 1.807) is 0 Å². The third kappa shape index (κ3) is 2.95. The molecule has 21 heavy (non-hydrogen) atoms.